The van der Waals surface area contributed by atoms with Crippen LogP contribution in [0.15, 0.2) is 273 Å². The molecule has 1 heterocycles. The van der Waals surface area contributed by atoms with Crippen molar-refractivity contribution >= 4 is 17.1 Å². The summed E-state index contributed by atoms with van der Waals surface area (Å²) in [6.45, 7) is 0. The lowest BCUT2D eigenvalue weighted by Gasteiger charge is -2.25. The van der Waals surface area contributed by atoms with Crippen LogP contribution < -0.4 is 4.90 Å². The molecule has 0 aliphatic heterocycles. The van der Waals surface area contributed by atoms with E-state index in [1.807, 2.05) is 0 Å². The summed E-state index contributed by atoms with van der Waals surface area (Å²) in [5, 5.41) is 5.29. The Labute approximate surface area is 386 Å². The summed E-state index contributed by atoms with van der Waals surface area (Å²) in [6.07, 6.45) is 0. The van der Waals surface area contributed by atoms with E-state index in [4.69, 9.17) is 5.10 Å². The van der Waals surface area contributed by atoms with E-state index < -0.39 is 0 Å². The summed E-state index contributed by atoms with van der Waals surface area (Å²) < 4.78 is 2.09. The van der Waals surface area contributed by atoms with E-state index in [2.05, 4.69) is 283 Å². The Morgan fingerprint density at radius 1 is 0.258 bits per heavy atom. The van der Waals surface area contributed by atoms with E-state index in [1.54, 1.807) is 0 Å². The average molecular weight is 844 g/mol. The molecule has 0 bridgehead atoms. The topological polar surface area (TPSA) is 21.1 Å². The number of benzene rings is 10. The van der Waals surface area contributed by atoms with Crippen molar-refractivity contribution in [2.75, 3.05) is 4.90 Å². The molecule has 0 saturated carbocycles. The lowest BCUT2D eigenvalue weighted by molar-refractivity contribution is 0.892. The van der Waals surface area contributed by atoms with Gasteiger partial charge < -0.3 is 4.90 Å². The Morgan fingerprint density at radius 2 is 0.591 bits per heavy atom. The lowest BCUT2D eigenvalue weighted by atomic mass is 9.89. The molecule has 0 aliphatic carbocycles. The van der Waals surface area contributed by atoms with Gasteiger partial charge in [0.1, 0.15) is 0 Å². The third kappa shape index (κ3) is 8.14. The van der Waals surface area contributed by atoms with Crippen molar-refractivity contribution in [3.05, 3.63) is 273 Å². The van der Waals surface area contributed by atoms with E-state index in [-0.39, 0.29) is 0 Å². The van der Waals surface area contributed by atoms with Gasteiger partial charge in [0.05, 0.1) is 17.1 Å². The summed E-state index contributed by atoms with van der Waals surface area (Å²) in [7, 11) is 0. The van der Waals surface area contributed by atoms with Gasteiger partial charge in [-0.3, -0.25) is 0 Å². The number of nitrogens with zero attached hydrogens (tertiary/aromatic N) is 3. The van der Waals surface area contributed by atoms with Crippen LogP contribution in [-0.2, 0) is 0 Å². The Balaban J connectivity index is 0.931. The molecular formula is C63H45N3. The molecule has 0 unspecified atom stereocenters. The van der Waals surface area contributed by atoms with Crippen LogP contribution in [0.5, 0.6) is 0 Å². The fourth-order valence-electron chi connectivity index (χ4n) is 8.97. The maximum atomic E-state index is 5.29. The van der Waals surface area contributed by atoms with Gasteiger partial charge >= 0.3 is 0 Å². The molecule has 0 atom stereocenters. The van der Waals surface area contributed by atoms with Crippen LogP contribution in [0.3, 0.4) is 0 Å². The van der Waals surface area contributed by atoms with Gasteiger partial charge in [-0.15, -0.1) is 0 Å². The molecular weight excluding hydrogens is 799 g/mol. The molecule has 0 spiro atoms. The van der Waals surface area contributed by atoms with Crippen LogP contribution in [0, 0.1) is 0 Å². The standard InChI is InChI=1S/C63H45N3/c1-5-17-46(18-6-1)48-29-33-52(34-30-48)62-45-63(53-35-31-49(32-36-53)47-19-7-2-8-20-47)66(64-62)57-43-39-51(40-44-57)59-26-14-16-28-61(59)60-27-15-13-25-58(60)50-37-41-56(42-38-50)65(54-21-9-3-10-22-54)55-23-11-4-12-24-55/h1-45H. The Bertz CT molecular complexity index is 3300. The van der Waals surface area contributed by atoms with Gasteiger partial charge in [-0.25, -0.2) is 4.68 Å². The third-order valence-corrected chi connectivity index (χ3v) is 12.3. The molecule has 0 fully saturated rings. The van der Waals surface area contributed by atoms with Gasteiger partial charge in [0.15, 0.2) is 0 Å². The number of rotatable bonds is 11. The normalized spacial score (nSPS) is 11.0. The van der Waals surface area contributed by atoms with Crippen LogP contribution in [0.2, 0.25) is 0 Å². The monoisotopic (exact) mass is 843 g/mol. The molecule has 0 radical (unpaired) electrons. The fourth-order valence-corrected chi connectivity index (χ4v) is 8.97. The summed E-state index contributed by atoms with van der Waals surface area (Å²) in [5.74, 6) is 0. The Morgan fingerprint density at radius 3 is 1.06 bits per heavy atom. The maximum Gasteiger partial charge on any atom is 0.0934 e. The first kappa shape index (κ1) is 40.0. The highest BCUT2D eigenvalue weighted by Gasteiger charge is 2.18. The van der Waals surface area contributed by atoms with Crippen LogP contribution in [-0.4, -0.2) is 9.78 Å². The molecule has 0 N–H and O–H groups in total. The number of hydrogen-bond acceptors (Lipinski definition) is 2. The van der Waals surface area contributed by atoms with Crippen LogP contribution in [0.25, 0.3) is 83.8 Å². The first-order valence-electron chi connectivity index (χ1n) is 22.5. The largest absolute Gasteiger partial charge is 0.311 e. The molecule has 3 nitrogen and oxygen atoms in total. The highest BCUT2D eigenvalue weighted by molar-refractivity contribution is 5.92. The van der Waals surface area contributed by atoms with E-state index in [0.717, 1.165) is 56.4 Å². The molecule has 10 aromatic carbocycles. The quantitative estimate of drug-likeness (QED) is 0.129. The first-order chi connectivity index (χ1) is 32.7. The molecule has 66 heavy (non-hydrogen) atoms. The number of hydrogen-bond donors (Lipinski definition) is 0. The second-order valence-corrected chi connectivity index (χ2v) is 16.4. The van der Waals surface area contributed by atoms with Gasteiger partial charge in [0.25, 0.3) is 0 Å². The van der Waals surface area contributed by atoms with Crippen molar-refractivity contribution in [2.45, 2.75) is 0 Å². The number of para-hydroxylation sites is 2. The van der Waals surface area contributed by atoms with E-state index in [9.17, 15) is 0 Å². The smallest absolute Gasteiger partial charge is 0.0934 e. The van der Waals surface area contributed by atoms with Crippen LogP contribution in [0.1, 0.15) is 0 Å². The summed E-state index contributed by atoms with van der Waals surface area (Å²) >= 11 is 0. The van der Waals surface area contributed by atoms with Gasteiger partial charge in [-0.2, -0.15) is 5.10 Å². The molecule has 312 valence electrons. The van der Waals surface area contributed by atoms with Crippen molar-refractivity contribution in [2.24, 2.45) is 0 Å². The zero-order valence-corrected chi connectivity index (χ0v) is 36.3. The molecule has 1 aromatic heterocycles. The molecule has 0 amide bonds. The zero-order chi connectivity index (χ0) is 44.1. The van der Waals surface area contributed by atoms with Crippen LogP contribution in [0.4, 0.5) is 17.1 Å². The van der Waals surface area contributed by atoms with E-state index >= 15 is 0 Å². The first-order valence-corrected chi connectivity index (χ1v) is 22.5. The van der Waals surface area contributed by atoms with Gasteiger partial charge in [-0.1, -0.05) is 218 Å². The predicted octanol–water partition coefficient (Wildman–Crippen LogP) is 17.0. The molecule has 0 saturated heterocycles. The fraction of sp³-hybridized carbons (Fsp3) is 0. The second-order valence-electron chi connectivity index (χ2n) is 16.4. The van der Waals surface area contributed by atoms with Crippen molar-refractivity contribution in [1.82, 2.24) is 9.78 Å². The number of anilines is 3. The minimum absolute atomic E-state index is 0.920. The SMILES string of the molecule is c1ccc(-c2ccc(-c3cc(-c4ccc(-c5ccccc5)cc4)n(-c4ccc(-c5ccccc5-c5ccccc5-c5ccc(N(c6ccccc6)c6ccccc6)cc5)cc4)n3)cc2)cc1. The molecule has 11 rings (SSSR count). The Kier molecular flexibility index (Phi) is 11.0. The third-order valence-electron chi connectivity index (χ3n) is 12.3. The zero-order valence-electron chi connectivity index (χ0n) is 36.3. The molecule has 0 aliphatic rings. The highest BCUT2D eigenvalue weighted by atomic mass is 15.3. The minimum Gasteiger partial charge on any atom is -0.311 e. The minimum atomic E-state index is 0.920. The molecule has 11 aromatic rings. The number of aromatic nitrogens is 2. The van der Waals surface area contributed by atoms with Gasteiger partial charge in [0.2, 0.25) is 0 Å². The van der Waals surface area contributed by atoms with Crippen LogP contribution >= 0.6 is 0 Å². The van der Waals surface area contributed by atoms with Crippen molar-refractivity contribution < 1.29 is 0 Å². The van der Waals surface area contributed by atoms with Gasteiger partial charge in [-0.05, 0) is 110 Å². The van der Waals surface area contributed by atoms with E-state index in [1.165, 1.54) is 44.5 Å². The maximum absolute atomic E-state index is 5.29. The second kappa shape index (κ2) is 18.1. The highest BCUT2D eigenvalue weighted by Crippen LogP contribution is 2.41. The Hall–Kier alpha value is -8.79. The summed E-state index contributed by atoms with van der Waals surface area (Å²) in [5.41, 5.74) is 20.2. The van der Waals surface area contributed by atoms with E-state index in [0.29, 0.717) is 0 Å². The summed E-state index contributed by atoms with van der Waals surface area (Å²) in [6, 6.07) is 97.1. The average Bonchev–Trinajstić information content (AvgIpc) is 3.86. The van der Waals surface area contributed by atoms with Crippen molar-refractivity contribution in [1.29, 1.82) is 0 Å². The van der Waals surface area contributed by atoms with Crippen molar-refractivity contribution in [3.63, 3.8) is 0 Å². The summed E-state index contributed by atoms with van der Waals surface area (Å²) in [4.78, 5) is 2.30. The predicted molar refractivity (Wildman–Crippen MR) is 276 cm³/mol. The van der Waals surface area contributed by atoms with Gasteiger partial charge in [0, 0.05) is 28.2 Å². The van der Waals surface area contributed by atoms with Crippen molar-refractivity contribution in [3.8, 4) is 83.8 Å². The lowest BCUT2D eigenvalue weighted by Crippen LogP contribution is -2.09. The molecule has 3 heteroatoms.